The zero-order valence-corrected chi connectivity index (χ0v) is 10.6. The molecule has 0 unspecified atom stereocenters. The Labute approximate surface area is 108 Å². The maximum Gasteiger partial charge on any atom is 0.354 e. The van der Waals surface area contributed by atoms with E-state index in [1.807, 2.05) is 0 Å². The van der Waals surface area contributed by atoms with Crippen molar-refractivity contribution in [3.8, 4) is 0 Å². The number of imidazole rings is 1. The van der Waals surface area contributed by atoms with Crippen LogP contribution in [0, 0.1) is 0 Å². The lowest BCUT2D eigenvalue weighted by Crippen LogP contribution is -2.14. The van der Waals surface area contributed by atoms with Crippen LogP contribution in [0.25, 0.3) is 0 Å². The molecule has 0 aliphatic rings. The summed E-state index contributed by atoms with van der Waals surface area (Å²) in [5.74, 6) is -1.18. The molecule has 100 valence electrons. The maximum atomic E-state index is 11.9. The third-order valence-electron chi connectivity index (χ3n) is 2.19. The average molecular weight is 282 g/mol. The second-order valence-corrected chi connectivity index (χ2v) is 5.35. The molecule has 2 aromatic rings. The van der Waals surface area contributed by atoms with E-state index in [4.69, 9.17) is 5.11 Å². The van der Waals surface area contributed by atoms with Crippen molar-refractivity contribution in [1.29, 1.82) is 0 Å². The Morgan fingerprint density at radius 3 is 2.58 bits per heavy atom. The van der Waals surface area contributed by atoms with Gasteiger partial charge in [0.05, 0.1) is 18.2 Å². The molecular weight excluding hydrogens is 272 g/mol. The number of hydrogen-bond donors (Lipinski definition) is 2. The summed E-state index contributed by atoms with van der Waals surface area (Å²) < 4.78 is 27.6. The minimum Gasteiger partial charge on any atom is -0.477 e. The molecule has 0 aliphatic heterocycles. The highest BCUT2D eigenvalue weighted by atomic mass is 32.2. The van der Waals surface area contributed by atoms with E-state index in [0.29, 0.717) is 0 Å². The highest BCUT2D eigenvalue weighted by Gasteiger charge is 2.17. The van der Waals surface area contributed by atoms with Crippen LogP contribution >= 0.6 is 0 Å². The van der Waals surface area contributed by atoms with Crippen molar-refractivity contribution in [2.45, 2.75) is 5.03 Å². The zero-order chi connectivity index (χ0) is 14.0. The molecule has 0 aliphatic carbocycles. The summed E-state index contributed by atoms with van der Waals surface area (Å²) in [6.07, 6.45) is 3.84. The van der Waals surface area contributed by atoms with E-state index in [2.05, 4.69) is 14.7 Å². The average Bonchev–Trinajstić information content (AvgIpc) is 2.77. The molecule has 0 amide bonds. The number of pyridine rings is 1. The van der Waals surface area contributed by atoms with E-state index in [1.165, 1.54) is 29.2 Å². The summed E-state index contributed by atoms with van der Waals surface area (Å²) in [6.45, 7) is 0. The summed E-state index contributed by atoms with van der Waals surface area (Å²) in [7, 11) is -2.15. The summed E-state index contributed by atoms with van der Waals surface area (Å²) in [5.41, 5.74) is -0.00330. The lowest BCUT2D eigenvalue weighted by molar-refractivity contribution is 0.0690. The standard InChI is InChI=1S/C10H10N4O4S/c1-14-5-9(12-6-14)19(17,18)13-7-2-3-8(10(15)16)11-4-7/h2-6,13H,1H3,(H,15,16). The number of aryl methyl sites for hydroxylation is 1. The Balaban J connectivity index is 2.23. The van der Waals surface area contributed by atoms with Gasteiger partial charge in [0.1, 0.15) is 5.69 Å². The van der Waals surface area contributed by atoms with Crippen molar-refractivity contribution >= 4 is 21.7 Å². The van der Waals surface area contributed by atoms with E-state index >= 15 is 0 Å². The van der Waals surface area contributed by atoms with Crippen molar-refractivity contribution in [2.24, 2.45) is 7.05 Å². The third-order valence-corrected chi connectivity index (χ3v) is 3.46. The molecule has 2 aromatic heterocycles. The number of nitrogens with zero attached hydrogens (tertiary/aromatic N) is 3. The molecule has 0 atom stereocenters. The number of anilines is 1. The van der Waals surface area contributed by atoms with Crippen LogP contribution in [-0.2, 0) is 17.1 Å². The minimum absolute atomic E-state index is 0.127. The van der Waals surface area contributed by atoms with Crippen LogP contribution in [0.4, 0.5) is 5.69 Å². The van der Waals surface area contributed by atoms with Crippen LogP contribution in [0.1, 0.15) is 10.5 Å². The second kappa shape index (κ2) is 4.69. The number of aromatic nitrogens is 3. The van der Waals surface area contributed by atoms with Crippen LogP contribution < -0.4 is 4.72 Å². The van der Waals surface area contributed by atoms with Gasteiger partial charge in [-0.2, -0.15) is 8.42 Å². The SMILES string of the molecule is Cn1cnc(S(=O)(=O)Nc2ccc(C(=O)O)nc2)c1. The van der Waals surface area contributed by atoms with Crippen molar-refractivity contribution in [2.75, 3.05) is 4.72 Å². The van der Waals surface area contributed by atoms with Gasteiger partial charge in [0.2, 0.25) is 0 Å². The summed E-state index contributed by atoms with van der Waals surface area (Å²) >= 11 is 0. The lowest BCUT2D eigenvalue weighted by atomic mass is 10.3. The number of sulfonamides is 1. The molecule has 0 spiro atoms. The number of aromatic carboxylic acids is 1. The number of hydrogen-bond acceptors (Lipinski definition) is 5. The first-order valence-corrected chi connectivity index (χ1v) is 6.57. The van der Waals surface area contributed by atoms with Gasteiger partial charge in [-0.1, -0.05) is 0 Å². The van der Waals surface area contributed by atoms with Crippen molar-refractivity contribution in [1.82, 2.24) is 14.5 Å². The first kappa shape index (κ1) is 13.0. The van der Waals surface area contributed by atoms with Gasteiger partial charge in [-0.25, -0.2) is 14.8 Å². The predicted molar refractivity (Wildman–Crippen MR) is 65.2 cm³/mol. The predicted octanol–water partition coefficient (Wildman–Crippen LogP) is 0.314. The van der Waals surface area contributed by atoms with Gasteiger partial charge in [0.25, 0.3) is 10.0 Å². The zero-order valence-electron chi connectivity index (χ0n) is 9.81. The molecule has 9 heteroatoms. The van der Waals surface area contributed by atoms with Gasteiger partial charge in [-0.15, -0.1) is 0 Å². The Hall–Kier alpha value is -2.42. The highest BCUT2D eigenvalue weighted by molar-refractivity contribution is 7.92. The second-order valence-electron chi connectivity index (χ2n) is 3.72. The summed E-state index contributed by atoms with van der Waals surface area (Å²) in [5, 5.41) is 8.55. The molecule has 0 saturated carbocycles. The summed E-state index contributed by atoms with van der Waals surface area (Å²) in [4.78, 5) is 17.9. The van der Waals surface area contributed by atoms with E-state index in [0.717, 1.165) is 6.20 Å². The Kier molecular flexibility index (Phi) is 3.21. The van der Waals surface area contributed by atoms with Crippen LogP contribution in [0.5, 0.6) is 0 Å². The Morgan fingerprint density at radius 2 is 2.11 bits per heavy atom. The molecule has 8 nitrogen and oxygen atoms in total. The fourth-order valence-electron chi connectivity index (χ4n) is 1.32. The fourth-order valence-corrected chi connectivity index (χ4v) is 2.34. The van der Waals surface area contributed by atoms with Crippen molar-refractivity contribution < 1.29 is 18.3 Å². The molecule has 0 aromatic carbocycles. The molecule has 0 radical (unpaired) electrons. The van der Waals surface area contributed by atoms with Crippen LogP contribution in [0.15, 0.2) is 35.9 Å². The van der Waals surface area contributed by atoms with Gasteiger partial charge < -0.3 is 9.67 Å². The van der Waals surface area contributed by atoms with E-state index in [-0.39, 0.29) is 16.4 Å². The third kappa shape index (κ3) is 2.88. The van der Waals surface area contributed by atoms with E-state index in [9.17, 15) is 13.2 Å². The first-order chi connectivity index (χ1) is 8.88. The van der Waals surface area contributed by atoms with E-state index < -0.39 is 16.0 Å². The molecule has 19 heavy (non-hydrogen) atoms. The molecule has 2 N–H and O–H groups in total. The van der Waals surface area contributed by atoms with Gasteiger partial charge in [-0.05, 0) is 12.1 Å². The summed E-state index contributed by atoms with van der Waals surface area (Å²) in [6, 6.07) is 2.52. The highest BCUT2D eigenvalue weighted by Crippen LogP contribution is 2.13. The first-order valence-electron chi connectivity index (χ1n) is 5.08. The number of nitrogens with one attached hydrogen (secondary N) is 1. The normalized spacial score (nSPS) is 11.2. The molecular formula is C10H10N4O4S. The van der Waals surface area contributed by atoms with Crippen LogP contribution in [-0.4, -0.2) is 34.0 Å². The Bertz CT molecular complexity index is 705. The van der Waals surface area contributed by atoms with Crippen LogP contribution in [0.2, 0.25) is 0 Å². The number of carbonyl (C=O) groups is 1. The number of carboxylic acids is 1. The van der Waals surface area contributed by atoms with Gasteiger partial charge in [0.15, 0.2) is 5.03 Å². The molecule has 0 bridgehead atoms. The molecule has 2 rings (SSSR count). The lowest BCUT2D eigenvalue weighted by Gasteiger charge is -2.05. The smallest absolute Gasteiger partial charge is 0.354 e. The maximum absolute atomic E-state index is 11.9. The monoisotopic (exact) mass is 282 g/mol. The van der Waals surface area contributed by atoms with E-state index in [1.54, 1.807) is 7.05 Å². The Morgan fingerprint density at radius 1 is 1.37 bits per heavy atom. The topological polar surface area (TPSA) is 114 Å². The van der Waals surface area contributed by atoms with Gasteiger partial charge >= 0.3 is 5.97 Å². The van der Waals surface area contributed by atoms with Crippen molar-refractivity contribution in [3.05, 3.63) is 36.5 Å². The van der Waals surface area contributed by atoms with Gasteiger partial charge in [-0.3, -0.25) is 4.72 Å². The van der Waals surface area contributed by atoms with Crippen molar-refractivity contribution in [3.63, 3.8) is 0 Å². The van der Waals surface area contributed by atoms with Crippen LogP contribution in [0.3, 0.4) is 0 Å². The molecule has 0 saturated heterocycles. The molecule has 0 fully saturated rings. The minimum atomic E-state index is -3.79. The number of rotatable bonds is 4. The fraction of sp³-hybridized carbons (Fsp3) is 0.100. The quantitative estimate of drug-likeness (QED) is 0.834. The largest absolute Gasteiger partial charge is 0.477 e. The number of carboxylic acid groups (broad SMARTS) is 1. The van der Waals surface area contributed by atoms with Gasteiger partial charge in [0, 0.05) is 13.2 Å². The molecule has 2 heterocycles.